The molecule has 1 unspecified atom stereocenters. The van der Waals surface area contributed by atoms with Gasteiger partial charge < -0.3 is 15.7 Å². The molecule has 1 atom stereocenters. The van der Waals surface area contributed by atoms with E-state index in [2.05, 4.69) is 27.5 Å². The SMILES string of the molecule is [2H]N1CCCC(Nc2cc(C3CC3)c(-c3ccc(C#C)cc3O)nn2)C1. The lowest BCUT2D eigenvalue weighted by Gasteiger charge is -2.24. The maximum atomic E-state index is 10.4. The summed E-state index contributed by atoms with van der Waals surface area (Å²) in [6.07, 6.45) is 9.71. The standard InChI is InChI=1S/C20H22N4O/c1-2-13-5-8-16(18(25)10-13)20-17(14-6-7-14)11-19(23-24-20)22-15-4-3-9-21-12-15/h1,5,8,10-11,14-15,21,25H,3-4,6-7,9,12H2,(H,22,23)/i/hD. The summed E-state index contributed by atoms with van der Waals surface area (Å²) >= 11 is 0. The minimum atomic E-state index is 0.134. The zero-order chi connectivity index (χ0) is 18.1. The minimum Gasteiger partial charge on any atom is -0.507 e. The summed E-state index contributed by atoms with van der Waals surface area (Å²) in [5.41, 5.74) is 3.15. The van der Waals surface area contributed by atoms with Crippen LogP contribution in [0, 0.1) is 12.3 Å². The third-order valence-corrected chi connectivity index (χ3v) is 4.83. The summed E-state index contributed by atoms with van der Waals surface area (Å²) in [5, 5.41) is 24.1. The molecule has 1 saturated carbocycles. The van der Waals surface area contributed by atoms with Crippen molar-refractivity contribution >= 4 is 5.82 Å². The predicted molar refractivity (Wildman–Crippen MR) is 98.6 cm³/mol. The first-order valence-corrected chi connectivity index (χ1v) is 8.82. The fourth-order valence-electron chi connectivity index (χ4n) is 3.33. The van der Waals surface area contributed by atoms with E-state index < -0.39 is 0 Å². The molecule has 1 aliphatic carbocycles. The molecule has 2 fully saturated rings. The van der Waals surface area contributed by atoms with Crippen molar-refractivity contribution in [2.24, 2.45) is 0 Å². The van der Waals surface area contributed by atoms with Gasteiger partial charge in [-0.15, -0.1) is 16.6 Å². The molecule has 1 aromatic heterocycles. The van der Waals surface area contributed by atoms with E-state index in [-0.39, 0.29) is 11.8 Å². The maximum absolute atomic E-state index is 10.4. The smallest absolute Gasteiger partial charge is 0.149 e. The van der Waals surface area contributed by atoms with Gasteiger partial charge in [0, 0.05) is 23.7 Å². The van der Waals surface area contributed by atoms with Crippen LogP contribution in [-0.4, -0.2) is 34.4 Å². The van der Waals surface area contributed by atoms with E-state index in [0.717, 1.165) is 49.3 Å². The number of aromatic nitrogens is 2. The first-order valence-electron chi connectivity index (χ1n) is 9.26. The van der Waals surface area contributed by atoms with E-state index in [0.29, 0.717) is 23.6 Å². The third kappa shape index (κ3) is 3.45. The maximum Gasteiger partial charge on any atom is 0.149 e. The lowest BCUT2D eigenvalue weighted by molar-refractivity contribution is 0.476. The Morgan fingerprint density at radius 2 is 2.16 bits per heavy atom. The molecule has 0 bridgehead atoms. The lowest BCUT2D eigenvalue weighted by atomic mass is 10.0. The summed E-state index contributed by atoms with van der Waals surface area (Å²) in [4.78, 5) is 0. The number of phenolic OH excluding ortho intramolecular Hbond substituents is 1. The van der Waals surface area contributed by atoms with Crippen molar-refractivity contribution in [3.8, 4) is 29.4 Å². The molecule has 0 amide bonds. The average Bonchev–Trinajstić information content (AvgIpc) is 3.47. The van der Waals surface area contributed by atoms with Gasteiger partial charge in [0.25, 0.3) is 0 Å². The summed E-state index contributed by atoms with van der Waals surface area (Å²) in [6, 6.07) is 7.48. The third-order valence-electron chi connectivity index (χ3n) is 4.83. The molecule has 25 heavy (non-hydrogen) atoms. The van der Waals surface area contributed by atoms with Gasteiger partial charge in [-0.05, 0) is 68.0 Å². The number of piperidine rings is 1. The molecule has 2 heterocycles. The number of nitrogens with zero attached hydrogens (tertiary/aromatic N) is 2. The highest BCUT2D eigenvalue weighted by molar-refractivity contribution is 5.72. The lowest BCUT2D eigenvalue weighted by Crippen LogP contribution is -2.38. The number of aromatic hydroxyl groups is 1. The summed E-state index contributed by atoms with van der Waals surface area (Å²) in [5.74, 6) is 3.87. The molecule has 3 N–H and O–H groups in total. The Kier molecular flexibility index (Phi) is 3.97. The number of anilines is 1. The van der Waals surface area contributed by atoms with Crippen LogP contribution in [0.25, 0.3) is 11.3 Å². The van der Waals surface area contributed by atoms with Gasteiger partial charge >= 0.3 is 0 Å². The topological polar surface area (TPSA) is 70.1 Å². The largest absolute Gasteiger partial charge is 0.507 e. The number of phenols is 1. The normalized spacial score (nSPS) is 21.4. The van der Waals surface area contributed by atoms with Gasteiger partial charge in [-0.2, -0.15) is 0 Å². The molecule has 2 aromatic rings. The van der Waals surface area contributed by atoms with Crippen LogP contribution in [0.2, 0.25) is 1.41 Å². The number of nitrogens with one attached hydrogen (secondary N) is 2. The number of terminal acetylenes is 1. The van der Waals surface area contributed by atoms with Crippen molar-refractivity contribution in [2.75, 3.05) is 18.4 Å². The van der Waals surface area contributed by atoms with Gasteiger partial charge in [0.1, 0.15) is 18.7 Å². The van der Waals surface area contributed by atoms with E-state index in [4.69, 9.17) is 7.84 Å². The predicted octanol–water partition coefficient (Wildman–Crippen LogP) is 2.87. The van der Waals surface area contributed by atoms with Crippen molar-refractivity contribution in [2.45, 2.75) is 37.6 Å². The Morgan fingerprint density at radius 1 is 1.28 bits per heavy atom. The van der Waals surface area contributed by atoms with Gasteiger partial charge in [-0.25, -0.2) is 0 Å². The second-order valence-electron chi connectivity index (χ2n) is 6.80. The van der Waals surface area contributed by atoms with Crippen molar-refractivity contribution in [1.29, 1.82) is 0 Å². The number of rotatable bonds is 4. The van der Waals surface area contributed by atoms with E-state index in [1.165, 1.54) is 0 Å². The Hall–Kier alpha value is -2.58. The van der Waals surface area contributed by atoms with Crippen LogP contribution in [-0.2, 0) is 0 Å². The van der Waals surface area contributed by atoms with Crippen LogP contribution in [0.3, 0.4) is 0 Å². The molecule has 2 aliphatic rings. The van der Waals surface area contributed by atoms with E-state index >= 15 is 0 Å². The highest BCUT2D eigenvalue weighted by atomic mass is 16.3. The first kappa shape index (κ1) is 14.7. The Morgan fingerprint density at radius 3 is 2.88 bits per heavy atom. The van der Waals surface area contributed by atoms with E-state index in [1.807, 2.05) is 12.1 Å². The highest BCUT2D eigenvalue weighted by Crippen LogP contribution is 2.45. The van der Waals surface area contributed by atoms with Crippen molar-refractivity contribution < 1.29 is 6.52 Å². The van der Waals surface area contributed by atoms with Crippen LogP contribution in [0.1, 0.15) is 42.7 Å². The summed E-state index contributed by atoms with van der Waals surface area (Å²) in [6.45, 7) is 1.51. The highest BCUT2D eigenvalue weighted by Gasteiger charge is 2.29. The Bertz CT molecular complexity index is 859. The number of hydrogen-bond acceptors (Lipinski definition) is 5. The Labute approximate surface area is 149 Å². The van der Waals surface area contributed by atoms with Gasteiger partial charge in [0.2, 0.25) is 0 Å². The molecule has 1 aliphatic heterocycles. The van der Waals surface area contributed by atoms with Crippen molar-refractivity contribution in [3.63, 3.8) is 0 Å². The zero-order valence-electron chi connectivity index (χ0n) is 15.1. The summed E-state index contributed by atoms with van der Waals surface area (Å²) in [7, 11) is 0. The van der Waals surface area contributed by atoms with Crippen molar-refractivity contribution in [1.82, 2.24) is 15.5 Å². The molecule has 0 radical (unpaired) electrons. The van der Waals surface area contributed by atoms with Gasteiger partial charge in [-0.3, -0.25) is 0 Å². The molecule has 5 nitrogen and oxygen atoms in total. The van der Waals surface area contributed by atoms with Crippen LogP contribution < -0.4 is 10.6 Å². The number of hydrogen-bond donors (Lipinski definition) is 3. The first-order chi connectivity index (χ1) is 12.6. The van der Waals surface area contributed by atoms with E-state index in [9.17, 15) is 5.11 Å². The van der Waals surface area contributed by atoms with Crippen LogP contribution in [0.15, 0.2) is 24.3 Å². The van der Waals surface area contributed by atoms with Crippen LogP contribution >= 0.6 is 0 Å². The average molecular weight is 335 g/mol. The van der Waals surface area contributed by atoms with Gasteiger partial charge in [0.05, 0.1) is 0 Å². The van der Waals surface area contributed by atoms with Gasteiger partial charge in [0.15, 0.2) is 0 Å². The molecule has 1 saturated heterocycles. The molecular formula is C20H22N4O. The molecular weight excluding hydrogens is 312 g/mol. The van der Waals surface area contributed by atoms with Crippen molar-refractivity contribution in [3.05, 3.63) is 35.4 Å². The summed E-state index contributed by atoms with van der Waals surface area (Å²) < 4.78 is 7.81. The minimum absolute atomic E-state index is 0.134. The van der Waals surface area contributed by atoms with Gasteiger partial charge in [-0.1, -0.05) is 5.92 Å². The van der Waals surface area contributed by atoms with Crippen LogP contribution in [0.4, 0.5) is 5.82 Å². The zero-order valence-corrected chi connectivity index (χ0v) is 14.1. The monoisotopic (exact) mass is 335 g/mol. The van der Waals surface area contributed by atoms with Crippen LogP contribution in [0.5, 0.6) is 5.75 Å². The molecule has 0 spiro atoms. The molecule has 1 aromatic carbocycles. The Balaban J connectivity index is 1.63. The second-order valence-corrected chi connectivity index (χ2v) is 6.80. The number of benzene rings is 1. The quantitative estimate of drug-likeness (QED) is 0.750. The fourth-order valence-corrected chi connectivity index (χ4v) is 3.33. The molecule has 128 valence electrons. The second kappa shape index (κ2) is 6.73. The fraction of sp³-hybridized carbons (Fsp3) is 0.400. The van der Waals surface area contributed by atoms with E-state index in [1.54, 1.807) is 11.4 Å². The molecule has 5 heteroatoms. The molecule has 4 rings (SSSR count).